The highest BCUT2D eigenvalue weighted by atomic mass is 16.6. The maximum Gasteiger partial charge on any atom is 0.314 e. The van der Waals surface area contributed by atoms with Crippen LogP contribution in [-0.2, 0) is 9.59 Å². The number of amides is 2. The Balaban J connectivity index is 1.61. The summed E-state index contributed by atoms with van der Waals surface area (Å²) in [5, 5.41) is 5.14. The number of benzene rings is 2. The van der Waals surface area contributed by atoms with Gasteiger partial charge in [-0.2, -0.15) is 0 Å². The van der Waals surface area contributed by atoms with Crippen molar-refractivity contribution in [3.63, 3.8) is 0 Å². The third-order valence-corrected chi connectivity index (χ3v) is 3.84. The van der Waals surface area contributed by atoms with Crippen LogP contribution in [0.25, 0.3) is 0 Å². The van der Waals surface area contributed by atoms with E-state index in [1.807, 2.05) is 12.1 Å². The molecule has 0 spiro atoms. The van der Waals surface area contributed by atoms with Crippen LogP contribution < -0.4 is 20.1 Å². The standard InChI is InChI=1S/C19H20N2O4/c1-12(2)13-3-5-14(6-4-13)20-18(22)19(23)21-15-7-8-16-17(11-15)25-10-9-24-16/h3-8,11-12H,9-10H2,1-2H3,(H,20,22)(H,21,23). The molecule has 130 valence electrons. The van der Waals surface area contributed by atoms with E-state index in [0.29, 0.717) is 42.0 Å². The molecule has 0 aliphatic carbocycles. The van der Waals surface area contributed by atoms with Crippen LogP contribution in [-0.4, -0.2) is 25.0 Å². The Hall–Kier alpha value is -3.02. The average molecular weight is 340 g/mol. The third-order valence-electron chi connectivity index (χ3n) is 3.84. The van der Waals surface area contributed by atoms with Crippen molar-refractivity contribution in [2.75, 3.05) is 23.8 Å². The summed E-state index contributed by atoms with van der Waals surface area (Å²) in [6, 6.07) is 12.4. The van der Waals surface area contributed by atoms with Crippen molar-refractivity contribution in [2.45, 2.75) is 19.8 Å². The summed E-state index contributed by atoms with van der Waals surface area (Å²) >= 11 is 0. The molecule has 0 bridgehead atoms. The molecular weight excluding hydrogens is 320 g/mol. The Morgan fingerprint density at radius 3 is 2.04 bits per heavy atom. The normalized spacial score (nSPS) is 12.6. The van der Waals surface area contributed by atoms with E-state index in [9.17, 15) is 9.59 Å². The van der Waals surface area contributed by atoms with Crippen LogP contribution in [0, 0.1) is 0 Å². The quantitative estimate of drug-likeness (QED) is 0.842. The van der Waals surface area contributed by atoms with Gasteiger partial charge in [0.1, 0.15) is 13.2 Å². The molecule has 1 aliphatic rings. The summed E-state index contributed by atoms with van der Waals surface area (Å²) in [5.74, 6) is 0.104. The van der Waals surface area contributed by atoms with Gasteiger partial charge in [-0.15, -0.1) is 0 Å². The van der Waals surface area contributed by atoms with Crippen LogP contribution >= 0.6 is 0 Å². The molecule has 0 radical (unpaired) electrons. The Kier molecular flexibility index (Phi) is 4.88. The average Bonchev–Trinajstić information content (AvgIpc) is 2.62. The van der Waals surface area contributed by atoms with Gasteiger partial charge in [-0.25, -0.2) is 0 Å². The highest BCUT2D eigenvalue weighted by molar-refractivity contribution is 6.43. The van der Waals surface area contributed by atoms with E-state index in [1.165, 1.54) is 5.56 Å². The predicted molar refractivity (Wildman–Crippen MR) is 95.2 cm³/mol. The van der Waals surface area contributed by atoms with E-state index in [-0.39, 0.29) is 0 Å². The van der Waals surface area contributed by atoms with Crippen LogP contribution in [0.2, 0.25) is 0 Å². The minimum absolute atomic E-state index is 0.406. The fourth-order valence-corrected chi connectivity index (χ4v) is 2.45. The van der Waals surface area contributed by atoms with Crippen molar-refractivity contribution in [1.29, 1.82) is 0 Å². The van der Waals surface area contributed by atoms with Gasteiger partial charge in [-0.3, -0.25) is 9.59 Å². The van der Waals surface area contributed by atoms with E-state index < -0.39 is 11.8 Å². The lowest BCUT2D eigenvalue weighted by molar-refractivity contribution is -0.133. The maximum absolute atomic E-state index is 12.1. The lowest BCUT2D eigenvalue weighted by Crippen LogP contribution is -2.29. The number of nitrogens with one attached hydrogen (secondary N) is 2. The Morgan fingerprint density at radius 2 is 1.40 bits per heavy atom. The van der Waals surface area contributed by atoms with E-state index in [2.05, 4.69) is 24.5 Å². The highest BCUT2D eigenvalue weighted by Gasteiger charge is 2.17. The Labute approximate surface area is 146 Å². The molecule has 2 aromatic carbocycles. The monoisotopic (exact) mass is 340 g/mol. The van der Waals surface area contributed by atoms with Gasteiger partial charge in [-0.05, 0) is 35.7 Å². The van der Waals surface area contributed by atoms with Gasteiger partial charge in [0.25, 0.3) is 0 Å². The van der Waals surface area contributed by atoms with Crippen LogP contribution in [0.1, 0.15) is 25.3 Å². The summed E-state index contributed by atoms with van der Waals surface area (Å²) in [7, 11) is 0. The molecule has 0 atom stereocenters. The van der Waals surface area contributed by atoms with Crippen molar-refractivity contribution in [3.8, 4) is 11.5 Å². The molecule has 2 amide bonds. The van der Waals surface area contributed by atoms with Crippen LogP contribution in [0.15, 0.2) is 42.5 Å². The molecule has 0 saturated carbocycles. The van der Waals surface area contributed by atoms with Crippen molar-refractivity contribution >= 4 is 23.2 Å². The summed E-state index contributed by atoms with van der Waals surface area (Å²) in [6.45, 7) is 5.14. The van der Waals surface area contributed by atoms with Gasteiger partial charge < -0.3 is 20.1 Å². The summed E-state index contributed by atoms with van der Waals surface area (Å²) < 4.78 is 10.9. The molecule has 3 rings (SSSR count). The molecule has 0 unspecified atom stereocenters. The topological polar surface area (TPSA) is 76.7 Å². The third kappa shape index (κ3) is 4.09. The second-order valence-corrected chi connectivity index (χ2v) is 6.04. The first-order valence-corrected chi connectivity index (χ1v) is 8.15. The molecule has 1 heterocycles. The van der Waals surface area contributed by atoms with Crippen molar-refractivity contribution in [1.82, 2.24) is 0 Å². The molecular formula is C19H20N2O4. The summed E-state index contributed by atoms with van der Waals surface area (Å²) in [4.78, 5) is 24.1. The fraction of sp³-hybridized carbons (Fsp3) is 0.263. The summed E-state index contributed by atoms with van der Waals surface area (Å²) in [5.41, 5.74) is 2.21. The maximum atomic E-state index is 12.1. The molecule has 6 nitrogen and oxygen atoms in total. The van der Waals surface area contributed by atoms with Gasteiger partial charge in [0.2, 0.25) is 0 Å². The summed E-state index contributed by atoms with van der Waals surface area (Å²) in [6.07, 6.45) is 0. The predicted octanol–water partition coefficient (Wildman–Crippen LogP) is 3.16. The van der Waals surface area contributed by atoms with E-state index >= 15 is 0 Å². The van der Waals surface area contributed by atoms with E-state index in [4.69, 9.17) is 9.47 Å². The number of ether oxygens (including phenoxy) is 2. The zero-order valence-electron chi connectivity index (χ0n) is 14.2. The van der Waals surface area contributed by atoms with E-state index in [0.717, 1.165) is 0 Å². The number of rotatable bonds is 3. The van der Waals surface area contributed by atoms with Crippen LogP contribution in [0.3, 0.4) is 0 Å². The van der Waals surface area contributed by atoms with E-state index in [1.54, 1.807) is 30.3 Å². The molecule has 6 heteroatoms. The van der Waals surface area contributed by atoms with Crippen LogP contribution in [0.4, 0.5) is 11.4 Å². The molecule has 2 aromatic rings. The first kappa shape index (κ1) is 16.8. The van der Waals surface area contributed by atoms with Crippen molar-refractivity contribution in [3.05, 3.63) is 48.0 Å². The number of hydrogen-bond donors (Lipinski definition) is 2. The largest absolute Gasteiger partial charge is 0.486 e. The number of anilines is 2. The highest BCUT2D eigenvalue weighted by Crippen LogP contribution is 2.32. The SMILES string of the molecule is CC(C)c1ccc(NC(=O)C(=O)Nc2ccc3c(c2)OCCO3)cc1. The van der Waals surface area contributed by atoms with Gasteiger partial charge in [-0.1, -0.05) is 26.0 Å². The lowest BCUT2D eigenvalue weighted by atomic mass is 10.0. The smallest absolute Gasteiger partial charge is 0.314 e. The number of hydrogen-bond acceptors (Lipinski definition) is 4. The Morgan fingerprint density at radius 1 is 0.840 bits per heavy atom. The minimum atomic E-state index is -0.746. The zero-order chi connectivity index (χ0) is 17.8. The zero-order valence-corrected chi connectivity index (χ0v) is 14.2. The van der Waals surface area contributed by atoms with Gasteiger partial charge >= 0.3 is 11.8 Å². The fourth-order valence-electron chi connectivity index (χ4n) is 2.45. The number of carbonyl (C=O) groups is 2. The van der Waals surface area contributed by atoms with Crippen molar-refractivity contribution < 1.29 is 19.1 Å². The number of carbonyl (C=O) groups excluding carboxylic acids is 2. The molecule has 25 heavy (non-hydrogen) atoms. The molecule has 0 saturated heterocycles. The number of fused-ring (bicyclic) bond motifs is 1. The second-order valence-electron chi connectivity index (χ2n) is 6.04. The molecule has 1 aliphatic heterocycles. The lowest BCUT2D eigenvalue weighted by Gasteiger charge is -2.18. The first-order valence-electron chi connectivity index (χ1n) is 8.15. The molecule has 2 N–H and O–H groups in total. The Bertz CT molecular complexity index is 785. The van der Waals surface area contributed by atoms with Crippen molar-refractivity contribution in [2.24, 2.45) is 0 Å². The van der Waals surface area contributed by atoms with Gasteiger partial charge in [0, 0.05) is 17.4 Å². The van der Waals surface area contributed by atoms with Crippen LogP contribution in [0.5, 0.6) is 11.5 Å². The molecule has 0 fully saturated rings. The molecule has 0 aromatic heterocycles. The second kappa shape index (κ2) is 7.25. The van der Waals surface area contributed by atoms with Gasteiger partial charge in [0.15, 0.2) is 11.5 Å². The first-order chi connectivity index (χ1) is 12.0. The minimum Gasteiger partial charge on any atom is -0.486 e. The van der Waals surface area contributed by atoms with Gasteiger partial charge in [0.05, 0.1) is 0 Å².